The summed E-state index contributed by atoms with van der Waals surface area (Å²) in [5, 5.41) is 2.36. The first kappa shape index (κ1) is 30.3. The van der Waals surface area contributed by atoms with Gasteiger partial charge in [-0.1, -0.05) is 65.8 Å². The zero-order chi connectivity index (χ0) is 30.5. The summed E-state index contributed by atoms with van der Waals surface area (Å²) < 4.78 is 2.25. The van der Waals surface area contributed by atoms with E-state index in [1.165, 1.54) is 33.3 Å². The average Bonchev–Trinajstić information content (AvgIpc) is 3.62. The molecule has 0 radical (unpaired) electrons. The van der Waals surface area contributed by atoms with Crippen molar-refractivity contribution >= 4 is 50.6 Å². The van der Waals surface area contributed by atoms with Crippen LogP contribution in [0.3, 0.4) is 0 Å². The molecule has 0 saturated carbocycles. The van der Waals surface area contributed by atoms with Crippen LogP contribution in [0.2, 0.25) is 0 Å². The second-order valence-electron chi connectivity index (χ2n) is 11.8. The predicted molar refractivity (Wildman–Crippen MR) is 188 cm³/mol. The van der Waals surface area contributed by atoms with Crippen LogP contribution in [0.4, 0.5) is 17.1 Å². The molecule has 0 N–H and O–H groups in total. The molecule has 0 fully saturated rings. The van der Waals surface area contributed by atoms with E-state index >= 15 is 0 Å². The van der Waals surface area contributed by atoms with Gasteiger partial charge in [-0.25, -0.2) is 4.98 Å². The molecule has 2 aromatic heterocycles. The predicted octanol–water partition coefficient (Wildman–Crippen LogP) is 10.2. The minimum absolute atomic E-state index is 0. The van der Waals surface area contributed by atoms with Crippen molar-refractivity contribution < 1.29 is 21.1 Å². The standard InChI is InChI=1S/C40H32N4S.Pt/c1-27(2)42-26-43(38-18-9-8-17-37(38)42)30-12-10-13-31(24-30)45-32-19-20-35-34-15-6-7-16-36(34)44(39(35)25-32)40-23-29(21-22-41-40)33-14-5-4-11-28(33)3;/h4-23,27H,26H2,1-3H3;/q-2;+2. The van der Waals surface area contributed by atoms with Crippen molar-refractivity contribution in [2.75, 3.05) is 16.5 Å². The Morgan fingerprint density at radius 1 is 0.739 bits per heavy atom. The number of hydrogen-bond acceptors (Lipinski definition) is 4. The van der Waals surface area contributed by atoms with Gasteiger partial charge in [-0.2, -0.15) is 24.3 Å². The maximum Gasteiger partial charge on any atom is 2.00 e. The summed E-state index contributed by atoms with van der Waals surface area (Å²) in [6.07, 6.45) is 1.91. The van der Waals surface area contributed by atoms with Crippen molar-refractivity contribution in [2.24, 2.45) is 0 Å². The van der Waals surface area contributed by atoms with E-state index in [2.05, 4.69) is 163 Å². The van der Waals surface area contributed by atoms with E-state index in [9.17, 15) is 0 Å². The number of aromatic nitrogens is 2. The van der Waals surface area contributed by atoms with Gasteiger partial charge in [-0.3, -0.25) is 0 Å². The molecule has 0 atom stereocenters. The summed E-state index contributed by atoms with van der Waals surface area (Å²) in [6.45, 7) is 7.46. The third kappa shape index (κ3) is 5.32. The molecule has 1 aliphatic rings. The largest absolute Gasteiger partial charge is 2.00 e. The molecule has 0 amide bonds. The quantitative estimate of drug-likeness (QED) is 0.157. The SMILES string of the molecule is Cc1ccccc1-c1ccnc(-n2c3[c-]c(Sc4[c-]c(N5CN(C(C)C)c6ccccc65)ccc4)ccc3c3ccccc32)c1.[Pt+2]. The second kappa shape index (κ2) is 12.5. The number of fused-ring (bicyclic) bond motifs is 4. The van der Waals surface area contributed by atoms with Gasteiger partial charge in [0.1, 0.15) is 5.82 Å². The molecule has 228 valence electrons. The van der Waals surface area contributed by atoms with Crippen molar-refractivity contribution in [1.29, 1.82) is 0 Å². The van der Waals surface area contributed by atoms with Crippen LogP contribution >= 0.6 is 11.8 Å². The van der Waals surface area contributed by atoms with Gasteiger partial charge < -0.3 is 14.4 Å². The summed E-state index contributed by atoms with van der Waals surface area (Å²) in [5.74, 6) is 0.885. The fraction of sp³-hybridized carbons (Fsp3) is 0.125. The number of rotatable bonds is 6. The zero-order valence-electron chi connectivity index (χ0n) is 25.8. The second-order valence-corrected chi connectivity index (χ2v) is 12.9. The normalized spacial score (nSPS) is 12.6. The Labute approximate surface area is 289 Å². The molecule has 4 nitrogen and oxygen atoms in total. The van der Waals surface area contributed by atoms with Crippen molar-refractivity contribution in [3.8, 4) is 16.9 Å². The molecule has 1 aliphatic heterocycles. The Kier molecular flexibility index (Phi) is 8.23. The van der Waals surface area contributed by atoms with Crippen LogP contribution < -0.4 is 9.80 Å². The van der Waals surface area contributed by atoms with Gasteiger partial charge in [0.15, 0.2) is 0 Å². The molecular formula is C40H32N4PtS. The number of aryl methyl sites for hydroxylation is 1. The first-order valence-electron chi connectivity index (χ1n) is 15.4. The molecule has 7 aromatic rings. The Bertz CT molecular complexity index is 2200. The minimum Gasteiger partial charge on any atom is -0.349 e. The van der Waals surface area contributed by atoms with Crippen LogP contribution in [0, 0.1) is 19.1 Å². The van der Waals surface area contributed by atoms with Gasteiger partial charge in [-0.05, 0) is 73.2 Å². The van der Waals surface area contributed by atoms with Gasteiger partial charge in [0.2, 0.25) is 0 Å². The first-order valence-corrected chi connectivity index (χ1v) is 16.2. The zero-order valence-corrected chi connectivity index (χ0v) is 28.9. The Hall–Kier alpha value is -4.31. The van der Waals surface area contributed by atoms with Crippen molar-refractivity contribution in [3.63, 3.8) is 0 Å². The number of para-hydroxylation sites is 3. The first-order chi connectivity index (χ1) is 22.0. The van der Waals surface area contributed by atoms with E-state index in [1.54, 1.807) is 11.8 Å². The monoisotopic (exact) mass is 795 g/mol. The van der Waals surface area contributed by atoms with Gasteiger partial charge in [-0.15, -0.1) is 45.1 Å². The molecule has 0 unspecified atom stereocenters. The van der Waals surface area contributed by atoms with E-state index in [-0.39, 0.29) is 21.1 Å². The molecular weight excluding hydrogens is 764 g/mol. The maximum absolute atomic E-state index is 4.86. The van der Waals surface area contributed by atoms with E-state index in [0.717, 1.165) is 44.6 Å². The third-order valence-corrected chi connectivity index (χ3v) is 9.57. The van der Waals surface area contributed by atoms with E-state index < -0.39 is 0 Å². The van der Waals surface area contributed by atoms with Crippen LogP contribution in [-0.4, -0.2) is 22.3 Å². The summed E-state index contributed by atoms with van der Waals surface area (Å²) in [4.78, 5) is 11.8. The fourth-order valence-electron chi connectivity index (χ4n) is 6.44. The molecule has 5 aromatic carbocycles. The molecule has 8 rings (SSSR count). The Morgan fingerprint density at radius 2 is 1.50 bits per heavy atom. The number of anilines is 3. The van der Waals surface area contributed by atoms with E-state index in [1.807, 2.05) is 6.20 Å². The van der Waals surface area contributed by atoms with Gasteiger partial charge in [0.25, 0.3) is 0 Å². The van der Waals surface area contributed by atoms with Crippen molar-refractivity contribution in [1.82, 2.24) is 9.55 Å². The van der Waals surface area contributed by atoms with E-state index in [4.69, 9.17) is 4.98 Å². The summed E-state index contributed by atoms with van der Waals surface area (Å²) >= 11 is 1.69. The molecule has 0 aliphatic carbocycles. The molecule has 0 bridgehead atoms. The van der Waals surface area contributed by atoms with Crippen LogP contribution in [0.1, 0.15) is 19.4 Å². The van der Waals surface area contributed by atoms with Crippen molar-refractivity contribution in [2.45, 2.75) is 36.6 Å². The van der Waals surface area contributed by atoms with Gasteiger partial charge >= 0.3 is 21.1 Å². The van der Waals surface area contributed by atoms with Crippen molar-refractivity contribution in [3.05, 3.63) is 139 Å². The molecule has 46 heavy (non-hydrogen) atoms. The van der Waals surface area contributed by atoms with Crippen LogP contribution in [-0.2, 0) is 21.1 Å². The Morgan fingerprint density at radius 3 is 2.35 bits per heavy atom. The molecule has 0 spiro atoms. The number of pyridine rings is 1. The van der Waals surface area contributed by atoms with Gasteiger partial charge in [0.05, 0.1) is 18.0 Å². The number of benzene rings is 5. The smallest absolute Gasteiger partial charge is 0.349 e. The average molecular weight is 796 g/mol. The fourth-order valence-corrected chi connectivity index (χ4v) is 7.26. The molecule has 6 heteroatoms. The number of nitrogens with zero attached hydrogens (tertiary/aromatic N) is 4. The topological polar surface area (TPSA) is 24.3 Å². The van der Waals surface area contributed by atoms with Crippen LogP contribution in [0.25, 0.3) is 38.8 Å². The Balaban J connectivity index is 0.00000338. The summed E-state index contributed by atoms with van der Waals surface area (Å²) in [6, 6.07) is 48.7. The van der Waals surface area contributed by atoms with Gasteiger partial charge in [0, 0.05) is 17.8 Å². The van der Waals surface area contributed by atoms with E-state index in [0.29, 0.717) is 6.04 Å². The molecule has 3 heterocycles. The maximum atomic E-state index is 4.86. The minimum atomic E-state index is 0. The van der Waals surface area contributed by atoms with Crippen LogP contribution in [0.5, 0.6) is 0 Å². The number of hydrogen-bond donors (Lipinski definition) is 0. The summed E-state index contributed by atoms with van der Waals surface area (Å²) in [5.41, 5.74) is 9.32. The summed E-state index contributed by atoms with van der Waals surface area (Å²) in [7, 11) is 0. The third-order valence-electron chi connectivity index (χ3n) is 8.65. The van der Waals surface area contributed by atoms with Crippen LogP contribution in [0.15, 0.2) is 131 Å². The molecule has 0 saturated heterocycles.